The molecule has 0 fully saturated rings. The van der Waals surface area contributed by atoms with Crippen molar-refractivity contribution in [3.05, 3.63) is 77.9 Å². The number of carbonyl (C=O) groups excluding carboxylic acids is 1. The number of nitrogens with zero attached hydrogens (tertiary/aromatic N) is 1. The molecule has 3 aromatic rings. The molecule has 124 valence electrons. The molecule has 0 unspecified atom stereocenters. The van der Waals surface area contributed by atoms with Crippen LogP contribution in [0.25, 0.3) is 5.69 Å². The second kappa shape index (κ2) is 6.20. The number of hydrogen-bond donors (Lipinski definition) is 2. The minimum atomic E-state index is -1.12. The van der Waals surface area contributed by atoms with Gasteiger partial charge in [-0.05, 0) is 59.6 Å². The minimum Gasteiger partial charge on any atom is -0.423 e. The molecule has 1 aliphatic heterocycles. The minimum absolute atomic E-state index is 0.127. The van der Waals surface area contributed by atoms with Crippen LogP contribution in [0.2, 0.25) is 0 Å². The van der Waals surface area contributed by atoms with Gasteiger partial charge in [-0.3, -0.25) is 4.79 Å². The summed E-state index contributed by atoms with van der Waals surface area (Å²) in [6.07, 6.45) is 3.84. The second-order valence-electron chi connectivity index (χ2n) is 5.79. The first kappa shape index (κ1) is 15.6. The van der Waals surface area contributed by atoms with Crippen molar-refractivity contribution in [1.29, 1.82) is 0 Å². The highest BCUT2D eigenvalue weighted by molar-refractivity contribution is 6.61. The van der Waals surface area contributed by atoms with Crippen LogP contribution in [0.15, 0.2) is 60.9 Å². The van der Waals surface area contributed by atoms with Gasteiger partial charge in [0.15, 0.2) is 0 Å². The second-order valence-corrected chi connectivity index (χ2v) is 5.79. The third kappa shape index (κ3) is 2.95. The number of aromatic nitrogens is 1. The molecule has 0 atom stereocenters. The highest BCUT2D eigenvalue weighted by Gasteiger charge is 2.30. The summed E-state index contributed by atoms with van der Waals surface area (Å²) < 4.78 is 21.1. The summed E-state index contributed by atoms with van der Waals surface area (Å²) in [5.74, 6) is -1.22. The number of benzene rings is 2. The van der Waals surface area contributed by atoms with E-state index in [1.54, 1.807) is 12.1 Å². The van der Waals surface area contributed by atoms with Gasteiger partial charge in [0.2, 0.25) is 0 Å². The average Bonchev–Trinajstić information content (AvgIpc) is 3.25. The van der Waals surface area contributed by atoms with E-state index >= 15 is 0 Å². The zero-order valence-corrected chi connectivity index (χ0v) is 13.1. The Morgan fingerprint density at radius 3 is 2.64 bits per heavy atom. The van der Waals surface area contributed by atoms with Gasteiger partial charge in [0.1, 0.15) is 5.82 Å². The molecule has 2 aromatic carbocycles. The molecule has 0 aliphatic carbocycles. The van der Waals surface area contributed by atoms with Crippen molar-refractivity contribution in [2.45, 2.75) is 6.61 Å². The van der Waals surface area contributed by atoms with Crippen LogP contribution in [0.3, 0.4) is 0 Å². The van der Waals surface area contributed by atoms with Gasteiger partial charge in [-0.15, -0.1) is 0 Å². The average molecular weight is 336 g/mol. The smallest absolute Gasteiger partial charge is 0.423 e. The maximum atomic E-state index is 14.2. The van der Waals surface area contributed by atoms with Gasteiger partial charge in [-0.2, -0.15) is 0 Å². The lowest BCUT2D eigenvalue weighted by Gasteiger charge is -2.09. The number of halogens is 1. The lowest BCUT2D eigenvalue weighted by atomic mass is 9.78. The Bertz CT molecular complexity index is 926. The van der Waals surface area contributed by atoms with Crippen LogP contribution in [0, 0.1) is 5.82 Å². The number of nitrogens with one attached hydrogen (secondary N) is 1. The van der Waals surface area contributed by atoms with Gasteiger partial charge in [-0.25, -0.2) is 4.39 Å². The van der Waals surface area contributed by atoms with Crippen LogP contribution >= 0.6 is 0 Å². The Balaban J connectivity index is 1.55. The number of fused-ring (bicyclic) bond motifs is 1. The Morgan fingerprint density at radius 1 is 1.20 bits per heavy atom. The molecule has 7 heteroatoms. The molecule has 2 heterocycles. The molecule has 4 rings (SSSR count). The summed E-state index contributed by atoms with van der Waals surface area (Å²) in [5.41, 5.74) is 2.36. The third-order valence-corrected chi connectivity index (χ3v) is 4.16. The normalized spacial score (nSPS) is 13.0. The van der Waals surface area contributed by atoms with E-state index in [2.05, 4.69) is 5.32 Å². The van der Waals surface area contributed by atoms with Gasteiger partial charge in [0.05, 0.1) is 12.2 Å². The first-order valence-electron chi connectivity index (χ1n) is 7.78. The van der Waals surface area contributed by atoms with E-state index in [0.29, 0.717) is 16.7 Å². The van der Waals surface area contributed by atoms with Gasteiger partial charge in [-0.1, -0.05) is 0 Å². The SMILES string of the molecule is O=C(Nc1ccc(-n2cccc2)cc1)c1cc2c(cc1F)COB2O. The van der Waals surface area contributed by atoms with Crippen molar-refractivity contribution in [1.82, 2.24) is 4.57 Å². The molecule has 1 amide bonds. The number of carbonyl (C=O) groups is 1. The fourth-order valence-corrected chi connectivity index (χ4v) is 2.84. The fraction of sp³-hybridized carbons (Fsp3) is 0.0556. The zero-order chi connectivity index (χ0) is 17.4. The van der Waals surface area contributed by atoms with E-state index in [-0.39, 0.29) is 12.2 Å². The molecule has 0 spiro atoms. The molecule has 0 saturated heterocycles. The van der Waals surface area contributed by atoms with Gasteiger partial charge < -0.3 is 19.6 Å². The number of rotatable bonds is 3. The highest BCUT2D eigenvalue weighted by atomic mass is 19.1. The van der Waals surface area contributed by atoms with E-state index in [4.69, 9.17) is 4.65 Å². The summed E-state index contributed by atoms with van der Waals surface area (Å²) in [5, 5.41) is 12.4. The molecule has 5 nitrogen and oxygen atoms in total. The van der Waals surface area contributed by atoms with Crippen molar-refractivity contribution >= 4 is 24.2 Å². The highest BCUT2D eigenvalue weighted by Crippen LogP contribution is 2.18. The molecule has 0 radical (unpaired) electrons. The van der Waals surface area contributed by atoms with Crippen molar-refractivity contribution in [2.75, 3.05) is 5.32 Å². The molecule has 1 aliphatic rings. The Kier molecular flexibility index (Phi) is 3.87. The number of amides is 1. The Morgan fingerprint density at radius 2 is 1.92 bits per heavy atom. The van der Waals surface area contributed by atoms with Crippen LogP contribution in [0.1, 0.15) is 15.9 Å². The molecular weight excluding hydrogens is 322 g/mol. The number of hydrogen-bond acceptors (Lipinski definition) is 3. The first-order chi connectivity index (χ1) is 12.1. The van der Waals surface area contributed by atoms with Crippen molar-refractivity contribution in [2.24, 2.45) is 0 Å². The summed E-state index contributed by atoms with van der Waals surface area (Å²) in [7, 11) is -1.12. The molecule has 25 heavy (non-hydrogen) atoms. The van der Waals surface area contributed by atoms with Crippen LogP contribution in [0.4, 0.5) is 10.1 Å². The predicted molar refractivity (Wildman–Crippen MR) is 92.5 cm³/mol. The topological polar surface area (TPSA) is 63.5 Å². The molecule has 2 N–H and O–H groups in total. The molecule has 1 aromatic heterocycles. The van der Waals surface area contributed by atoms with E-state index in [0.717, 1.165) is 5.69 Å². The summed E-state index contributed by atoms with van der Waals surface area (Å²) in [6, 6.07) is 13.6. The van der Waals surface area contributed by atoms with Gasteiger partial charge >= 0.3 is 7.12 Å². The standard InChI is InChI=1S/C18H14BFN2O3/c20-17-9-12-11-25-19(24)16(12)10-15(17)18(23)21-13-3-5-14(6-4-13)22-7-1-2-8-22/h1-10,24H,11H2,(H,21,23). The van der Waals surface area contributed by atoms with E-state index in [9.17, 15) is 14.2 Å². The lowest BCUT2D eigenvalue weighted by Crippen LogP contribution is -2.30. The Labute approximate surface area is 143 Å². The predicted octanol–water partition coefficient (Wildman–Crippen LogP) is 2.09. The monoisotopic (exact) mass is 336 g/mol. The van der Waals surface area contributed by atoms with Gasteiger partial charge in [0.25, 0.3) is 5.91 Å². The lowest BCUT2D eigenvalue weighted by molar-refractivity contribution is 0.102. The largest absolute Gasteiger partial charge is 0.491 e. The quantitative estimate of drug-likeness (QED) is 0.720. The van der Waals surface area contributed by atoms with Crippen molar-refractivity contribution < 1.29 is 18.9 Å². The van der Waals surface area contributed by atoms with Crippen molar-refractivity contribution in [3.63, 3.8) is 0 Å². The fourth-order valence-electron chi connectivity index (χ4n) is 2.84. The summed E-state index contributed by atoms with van der Waals surface area (Å²) in [6.45, 7) is 0.135. The molecular formula is C18H14BFN2O3. The van der Waals surface area contributed by atoms with Crippen LogP contribution in [-0.4, -0.2) is 22.6 Å². The van der Waals surface area contributed by atoms with E-state index in [1.165, 1.54) is 12.1 Å². The maximum absolute atomic E-state index is 14.2. The van der Waals surface area contributed by atoms with Crippen molar-refractivity contribution in [3.8, 4) is 5.69 Å². The summed E-state index contributed by atoms with van der Waals surface area (Å²) in [4.78, 5) is 12.4. The Hall–Kier alpha value is -2.90. The zero-order valence-electron chi connectivity index (χ0n) is 13.1. The van der Waals surface area contributed by atoms with Crippen LogP contribution < -0.4 is 10.8 Å². The molecule has 0 saturated carbocycles. The summed E-state index contributed by atoms with van der Waals surface area (Å²) >= 11 is 0. The van der Waals surface area contributed by atoms with Crippen LogP contribution in [0.5, 0.6) is 0 Å². The third-order valence-electron chi connectivity index (χ3n) is 4.16. The molecule has 0 bridgehead atoms. The van der Waals surface area contributed by atoms with Crippen LogP contribution in [-0.2, 0) is 11.3 Å². The first-order valence-corrected chi connectivity index (χ1v) is 7.78. The van der Waals surface area contributed by atoms with E-state index < -0.39 is 18.8 Å². The number of anilines is 1. The van der Waals surface area contributed by atoms with Gasteiger partial charge in [0, 0.05) is 23.8 Å². The van der Waals surface area contributed by atoms with E-state index in [1.807, 2.05) is 41.2 Å². The maximum Gasteiger partial charge on any atom is 0.491 e.